The molecule has 0 fully saturated rings. The molecule has 86 valence electrons. The molecular formula is C10H10F2N2OS. The van der Waals surface area contributed by atoms with Crippen LogP contribution in [0.5, 0.6) is 0 Å². The fourth-order valence-electron chi connectivity index (χ4n) is 1.73. The summed E-state index contributed by atoms with van der Waals surface area (Å²) in [5.74, 6) is -1.18. The number of alkyl halides is 2. The van der Waals surface area contributed by atoms with E-state index in [2.05, 4.69) is 9.97 Å². The first-order valence-electron chi connectivity index (χ1n) is 4.83. The number of carbonyl (C=O) groups excluding carboxylic acids is 1. The highest BCUT2D eigenvalue weighted by molar-refractivity contribution is 7.98. The highest BCUT2D eigenvalue weighted by Crippen LogP contribution is 2.28. The van der Waals surface area contributed by atoms with Crippen molar-refractivity contribution in [1.29, 1.82) is 0 Å². The number of rotatable bonds is 2. The van der Waals surface area contributed by atoms with Gasteiger partial charge in [0.05, 0.1) is 11.3 Å². The zero-order valence-corrected chi connectivity index (χ0v) is 9.43. The smallest absolute Gasteiger partial charge is 0.242 e. The molecule has 0 unspecified atom stereocenters. The molecule has 3 nitrogen and oxygen atoms in total. The first-order valence-corrected chi connectivity index (χ1v) is 6.05. The average molecular weight is 244 g/mol. The van der Waals surface area contributed by atoms with Crippen LogP contribution >= 0.6 is 11.8 Å². The van der Waals surface area contributed by atoms with E-state index >= 15 is 0 Å². The van der Waals surface area contributed by atoms with Crippen molar-refractivity contribution in [2.45, 2.75) is 24.4 Å². The van der Waals surface area contributed by atoms with Gasteiger partial charge >= 0.3 is 0 Å². The third-order valence-electron chi connectivity index (χ3n) is 2.59. The Hall–Kier alpha value is -1.04. The lowest BCUT2D eigenvalue weighted by atomic mass is 9.87. The van der Waals surface area contributed by atoms with Gasteiger partial charge < -0.3 is 0 Å². The van der Waals surface area contributed by atoms with E-state index < -0.39 is 12.3 Å². The van der Waals surface area contributed by atoms with Gasteiger partial charge in [-0.25, -0.2) is 18.7 Å². The Labute approximate surface area is 95.7 Å². The maximum atomic E-state index is 12.6. The molecule has 1 aliphatic carbocycles. The number of thioether (sulfide) groups is 1. The highest BCUT2D eigenvalue weighted by atomic mass is 32.2. The highest BCUT2D eigenvalue weighted by Gasteiger charge is 2.32. The summed E-state index contributed by atoms with van der Waals surface area (Å²) in [6.45, 7) is 0. The number of hydrogen-bond acceptors (Lipinski definition) is 4. The van der Waals surface area contributed by atoms with E-state index in [0.717, 1.165) is 0 Å². The van der Waals surface area contributed by atoms with Gasteiger partial charge in [-0.2, -0.15) is 0 Å². The van der Waals surface area contributed by atoms with E-state index in [4.69, 9.17) is 0 Å². The number of ketones is 1. The van der Waals surface area contributed by atoms with Crippen molar-refractivity contribution in [1.82, 2.24) is 9.97 Å². The summed E-state index contributed by atoms with van der Waals surface area (Å²) in [4.78, 5) is 19.7. The van der Waals surface area contributed by atoms with Crippen LogP contribution in [0.25, 0.3) is 0 Å². The van der Waals surface area contributed by atoms with Crippen LogP contribution in [0.1, 0.15) is 22.5 Å². The Morgan fingerprint density at radius 3 is 2.88 bits per heavy atom. The van der Waals surface area contributed by atoms with Crippen molar-refractivity contribution in [2.24, 2.45) is 5.92 Å². The van der Waals surface area contributed by atoms with Gasteiger partial charge in [0, 0.05) is 18.5 Å². The van der Waals surface area contributed by atoms with Crippen LogP contribution in [0.3, 0.4) is 0 Å². The predicted octanol–water partition coefficient (Wildman–Crippen LogP) is 2.21. The molecule has 1 heterocycles. The number of aromatic nitrogens is 2. The maximum Gasteiger partial charge on any atom is 0.242 e. The standard InChI is InChI=1S/C10H10F2N2OS/c1-16-10-13-4-6-7(14-10)2-5(9(11)12)3-8(6)15/h4-5,9H,2-3H2,1H3/t5-/m1/s1. The summed E-state index contributed by atoms with van der Waals surface area (Å²) in [7, 11) is 0. The lowest BCUT2D eigenvalue weighted by Gasteiger charge is -2.21. The molecule has 0 aliphatic heterocycles. The first kappa shape index (κ1) is 11.4. The normalized spacial score (nSPS) is 20.0. The second kappa shape index (κ2) is 4.45. The monoisotopic (exact) mass is 244 g/mol. The van der Waals surface area contributed by atoms with Gasteiger partial charge in [0.25, 0.3) is 0 Å². The molecule has 16 heavy (non-hydrogen) atoms. The Morgan fingerprint density at radius 1 is 1.50 bits per heavy atom. The van der Waals surface area contributed by atoms with E-state index in [1.165, 1.54) is 18.0 Å². The third-order valence-corrected chi connectivity index (χ3v) is 3.15. The van der Waals surface area contributed by atoms with E-state index in [-0.39, 0.29) is 18.6 Å². The van der Waals surface area contributed by atoms with Crippen LogP contribution in [0.4, 0.5) is 8.78 Å². The van der Waals surface area contributed by atoms with E-state index in [0.29, 0.717) is 16.4 Å². The number of hydrogen-bond donors (Lipinski definition) is 0. The van der Waals surface area contributed by atoms with Crippen LogP contribution in [-0.2, 0) is 6.42 Å². The quantitative estimate of drug-likeness (QED) is 0.591. The van der Waals surface area contributed by atoms with Crippen molar-refractivity contribution in [2.75, 3.05) is 6.26 Å². The molecule has 6 heteroatoms. The topological polar surface area (TPSA) is 42.9 Å². The Bertz CT molecular complexity index is 425. The van der Waals surface area contributed by atoms with E-state index in [1.807, 2.05) is 0 Å². The lowest BCUT2D eigenvalue weighted by Crippen LogP contribution is -2.26. The number of nitrogens with zero attached hydrogens (tertiary/aromatic N) is 2. The number of carbonyl (C=O) groups is 1. The SMILES string of the molecule is CSc1ncc2c(n1)C[C@@H](C(F)F)CC2=O. The maximum absolute atomic E-state index is 12.6. The summed E-state index contributed by atoms with van der Waals surface area (Å²) in [5.41, 5.74) is 0.857. The van der Waals surface area contributed by atoms with Crippen molar-refractivity contribution < 1.29 is 13.6 Å². The van der Waals surface area contributed by atoms with Gasteiger partial charge in [-0.3, -0.25) is 4.79 Å². The molecule has 0 radical (unpaired) electrons. The predicted molar refractivity (Wildman–Crippen MR) is 56.0 cm³/mol. The van der Waals surface area contributed by atoms with Gasteiger partial charge in [0.2, 0.25) is 6.43 Å². The largest absolute Gasteiger partial charge is 0.294 e. The zero-order valence-electron chi connectivity index (χ0n) is 8.61. The number of fused-ring (bicyclic) bond motifs is 1. The zero-order chi connectivity index (χ0) is 11.7. The lowest BCUT2D eigenvalue weighted by molar-refractivity contribution is 0.0590. The van der Waals surface area contributed by atoms with E-state index in [9.17, 15) is 13.6 Å². The van der Waals surface area contributed by atoms with Crippen molar-refractivity contribution in [3.05, 3.63) is 17.5 Å². The third kappa shape index (κ3) is 2.07. The molecule has 0 N–H and O–H groups in total. The van der Waals surface area contributed by atoms with Gasteiger partial charge in [0.1, 0.15) is 0 Å². The van der Waals surface area contributed by atoms with Crippen LogP contribution in [0, 0.1) is 5.92 Å². The molecule has 0 spiro atoms. The molecule has 1 aliphatic rings. The van der Waals surface area contributed by atoms with Gasteiger partial charge in [-0.1, -0.05) is 11.8 Å². The van der Waals surface area contributed by atoms with Crippen LogP contribution in [0.2, 0.25) is 0 Å². The van der Waals surface area contributed by atoms with E-state index in [1.54, 1.807) is 6.26 Å². The van der Waals surface area contributed by atoms with Gasteiger partial charge in [-0.05, 0) is 12.7 Å². The molecule has 0 saturated heterocycles. The molecule has 0 amide bonds. The molecule has 0 saturated carbocycles. The fraction of sp³-hybridized carbons (Fsp3) is 0.500. The van der Waals surface area contributed by atoms with Crippen LogP contribution < -0.4 is 0 Å². The minimum Gasteiger partial charge on any atom is -0.294 e. The summed E-state index contributed by atoms with van der Waals surface area (Å²) in [6.07, 6.45) is 0.834. The summed E-state index contributed by atoms with van der Waals surface area (Å²) < 4.78 is 25.1. The molecule has 1 atom stereocenters. The second-order valence-corrected chi connectivity index (χ2v) is 4.42. The number of Topliss-reactive ketones (excluding diaryl/α,β-unsaturated/α-hetero) is 1. The van der Waals surface area contributed by atoms with Crippen molar-refractivity contribution in [3.8, 4) is 0 Å². The summed E-state index contributed by atoms with van der Waals surface area (Å²) in [6, 6.07) is 0. The average Bonchev–Trinajstić information content (AvgIpc) is 2.28. The van der Waals surface area contributed by atoms with Gasteiger partial charge in [-0.15, -0.1) is 0 Å². The molecule has 0 aromatic carbocycles. The fourth-order valence-corrected chi connectivity index (χ4v) is 2.09. The molecule has 0 bridgehead atoms. The first-order chi connectivity index (χ1) is 7.61. The minimum atomic E-state index is -2.47. The van der Waals surface area contributed by atoms with Crippen molar-refractivity contribution in [3.63, 3.8) is 0 Å². The summed E-state index contributed by atoms with van der Waals surface area (Å²) in [5, 5.41) is 0.515. The van der Waals surface area contributed by atoms with Gasteiger partial charge in [0.15, 0.2) is 10.9 Å². The van der Waals surface area contributed by atoms with Crippen molar-refractivity contribution >= 4 is 17.5 Å². The molecule has 1 aromatic rings. The van der Waals surface area contributed by atoms with Crippen LogP contribution in [-0.4, -0.2) is 28.4 Å². The second-order valence-electron chi connectivity index (χ2n) is 3.64. The Balaban J connectivity index is 2.35. The molecular weight excluding hydrogens is 234 g/mol. The number of halogens is 2. The Morgan fingerprint density at radius 2 is 2.25 bits per heavy atom. The van der Waals surface area contributed by atoms with Crippen LogP contribution in [0.15, 0.2) is 11.4 Å². The Kier molecular flexibility index (Phi) is 3.18. The summed E-state index contributed by atoms with van der Waals surface area (Å²) >= 11 is 1.33. The minimum absolute atomic E-state index is 0.105. The molecule has 1 aromatic heterocycles. The molecule has 2 rings (SSSR count).